The zero-order valence-electron chi connectivity index (χ0n) is 12.5. The first-order valence-electron chi connectivity index (χ1n) is 7.81. The van der Waals surface area contributed by atoms with Crippen molar-refractivity contribution in [3.05, 3.63) is 0 Å². The number of likely N-dealkylation sites (N-methyl/N-ethyl adjacent to an activating group) is 1. The Morgan fingerprint density at radius 3 is 2.68 bits per heavy atom. The molecule has 0 aromatic rings. The van der Waals surface area contributed by atoms with E-state index in [1.165, 1.54) is 12.8 Å². The third kappa shape index (κ3) is 3.93. The molecule has 0 aromatic carbocycles. The van der Waals surface area contributed by atoms with Gasteiger partial charge in [-0.15, -0.1) is 0 Å². The van der Waals surface area contributed by atoms with Gasteiger partial charge in [-0.25, -0.2) is 0 Å². The van der Waals surface area contributed by atoms with Crippen molar-refractivity contribution in [2.75, 3.05) is 26.7 Å². The van der Waals surface area contributed by atoms with Gasteiger partial charge in [0.25, 0.3) is 0 Å². The van der Waals surface area contributed by atoms with Crippen LogP contribution in [-0.4, -0.2) is 54.5 Å². The van der Waals surface area contributed by atoms with Gasteiger partial charge in [0, 0.05) is 31.6 Å². The quantitative estimate of drug-likeness (QED) is 0.824. The molecule has 1 aliphatic carbocycles. The van der Waals surface area contributed by atoms with Gasteiger partial charge in [-0.1, -0.05) is 12.8 Å². The highest BCUT2D eigenvalue weighted by molar-refractivity contribution is 5.77. The van der Waals surface area contributed by atoms with Crippen molar-refractivity contribution in [2.45, 2.75) is 57.5 Å². The minimum absolute atomic E-state index is 0.239. The summed E-state index contributed by atoms with van der Waals surface area (Å²) in [5, 5.41) is 0. The van der Waals surface area contributed by atoms with Gasteiger partial charge in [0.15, 0.2) is 0 Å². The lowest BCUT2D eigenvalue weighted by molar-refractivity contribution is -0.134. The largest absolute Gasteiger partial charge is 0.339 e. The van der Waals surface area contributed by atoms with E-state index in [1.54, 1.807) is 0 Å². The molecule has 3 atom stereocenters. The highest BCUT2D eigenvalue weighted by atomic mass is 16.2. The number of rotatable bonds is 2. The second kappa shape index (κ2) is 6.71. The highest BCUT2D eigenvalue weighted by Gasteiger charge is 2.29. The van der Waals surface area contributed by atoms with Crippen molar-refractivity contribution in [1.82, 2.24) is 9.80 Å². The van der Waals surface area contributed by atoms with Crippen LogP contribution in [-0.2, 0) is 4.79 Å². The maximum atomic E-state index is 12.5. The van der Waals surface area contributed by atoms with Crippen LogP contribution in [0.2, 0.25) is 0 Å². The van der Waals surface area contributed by atoms with Gasteiger partial charge in [-0.3, -0.25) is 4.79 Å². The molecule has 1 amide bonds. The van der Waals surface area contributed by atoms with E-state index in [0.717, 1.165) is 38.9 Å². The van der Waals surface area contributed by atoms with Gasteiger partial charge in [-0.2, -0.15) is 0 Å². The molecule has 1 saturated heterocycles. The third-order valence-corrected chi connectivity index (χ3v) is 4.77. The highest BCUT2D eigenvalue weighted by Crippen LogP contribution is 2.26. The van der Waals surface area contributed by atoms with Gasteiger partial charge in [0.1, 0.15) is 0 Å². The molecule has 2 N–H and O–H groups in total. The van der Waals surface area contributed by atoms with Crippen molar-refractivity contribution < 1.29 is 4.79 Å². The summed E-state index contributed by atoms with van der Waals surface area (Å²) in [5.41, 5.74) is 6.17. The van der Waals surface area contributed by atoms with Crippen LogP contribution in [0.1, 0.15) is 45.4 Å². The van der Waals surface area contributed by atoms with E-state index < -0.39 is 0 Å². The minimum atomic E-state index is 0.239. The van der Waals surface area contributed by atoms with E-state index in [9.17, 15) is 4.79 Å². The average molecular weight is 267 g/mol. The van der Waals surface area contributed by atoms with Crippen LogP contribution in [0.4, 0.5) is 0 Å². The van der Waals surface area contributed by atoms with E-state index in [0.29, 0.717) is 24.3 Å². The monoisotopic (exact) mass is 267 g/mol. The Morgan fingerprint density at radius 2 is 1.95 bits per heavy atom. The summed E-state index contributed by atoms with van der Waals surface area (Å²) in [5.74, 6) is 0.736. The molecule has 2 aliphatic rings. The maximum Gasteiger partial charge on any atom is 0.223 e. The van der Waals surface area contributed by atoms with Gasteiger partial charge < -0.3 is 15.5 Å². The molecule has 4 heteroatoms. The number of amides is 1. The predicted molar refractivity (Wildman–Crippen MR) is 77.8 cm³/mol. The molecular formula is C15H29N3O. The number of carbonyl (C=O) groups excluding carboxylic acids is 1. The smallest absolute Gasteiger partial charge is 0.223 e. The Kier molecular flexibility index (Phi) is 5.22. The Morgan fingerprint density at radius 1 is 1.21 bits per heavy atom. The lowest BCUT2D eigenvalue weighted by Crippen LogP contribution is -2.44. The standard InChI is InChI=1S/C15H29N3O/c1-12-11-17(2)8-5-9-18(12)15(19)10-13-6-3-4-7-14(13)16/h12-14H,3-11,16H2,1-2H3. The molecule has 2 fully saturated rings. The van der Waals surface area contributed by atoms with Crippen LogP contribution >= 0.6 is 0 Å². The predicted octanol–water partition coefficient (Wildman–Crippen LogP) is 1.45. The fourth-order valence-corrected chi connectivity index (χ4v) is 3.57. The van der Waals surface area contributed by atoms with Crippen LogP contribution < -0.4 is 5.73 Å². The Labute approximate surface area is 117 Å². The molecule has 0 spiro atoms. The van der Waals surface area contributed by atoms with E-state index in [2.05, 4.69) is 23.8 Å². The van der Waals surface area contributed by atoms with Gasteiger partial charge in [0.2, 0.25) is 5.91 Å². The molecule has 2 rings (SSSR count). The molecule has 3 unspecified atom stereocenters. The van der Waals surface area contributed by atoms with Crippen molar-refractivity contribution in [1.29, 1.82) is 0 Å². The first-order valence-corrected chi connectivity index (χ1v) is 7.81. The molecule has 0 radical (unpaired) electrons. The summed E-state index contributed by atoms with van der Waals surface area (Å²) in [4.78, 5) is 16.9. The number of carbonyl (C=O) groups is 1. The number of hydrogen-bond acceptors (Lipinski definition) is 3. The molecule has 110 valence electrons. The second-order valence-electron chi connectivity index (χ2n) is 6.46. The normalized spacial score (nSPS) is 34.1. The van der Waals surface area contributed by atoms with E-state index in [4.69, 9.17) is 5.73 Å². The second-order valence-corrected chi connectivity index (χ2v) is 6.46. The van der Waals surface area contributed by atoms with Crippen molar-refractivity contribution >= 4 is 5.91 Å². The molecule has 19 heavy (non-hydrogen) atoms. The Hall–Kier alpha value is -0.610. The summed E-state index contributed by atoms with van der Waals surface area (Å²) in [6.45, 7) is 5.16. The summed E-state index contributed by atoms with van der Waals surface area (Å²) >= 11 is 0. The molecule has 4 nitrogen and oxygen atoms in total. The zero-order valence-corrected chi connectivity index (χ0v) is 12.5. The molecule has 0 aromatic heterocycles. The molecule has 1 heterocycles. The summed E-state index contributed by atoms with van der Waals surface area (Å²) in [7, 11) is 2.14. The third-order valence-electron chi connectivity index (χ3n) is 4.77. The molecule has 1 aliphatic heterocycles. The fourth-order valence-electron chi connectivity index (χ4n) is 3.57. The lowest BCUT2D eigenvalue weighted by atomic mass is 9.82. The lowest BCUT2D eigenvalue weighted by Gasteiger charge is -2.33. The first-order chi connectivity index (χ1) is 9.08. The van der Waals surface area contributed by atoms with E-state index in [-0.39, 0.29) is 6.04 Å². The van der Waals surface area contributed by atoms with Crippen LogP contribution in [0, 0.1) is 5.92 Å². The maximum absolute atomic E-state index is 12.5. The Bertz CT molecular complexity index is 308. The van der Waals surface area contributed by atoms with E-state index >= 15 is 0 Å². The van der Waals surface area contributed by atoms with Crippen LogP contribution in [0.25, 0.3) is 0 Å². The first kappa shape index (κ1) is 14.8. The average Bonchev–Trinajstić information content (AvgIpc) is 2.53. The van der Waals surface area contributed by atoms with Crippen molar-refractivity contribution in [3.63, 3.8) is 0 Å². The van der Waals surface area contributed by atoms with E-state index in [1.807, 2.05) is 0 Å². The van der Waals surface area contributed by atoms with Crippen molar-refractivity contribution in [3.8, 4) is 0 Å². The zero-order chi connectivity index (χ0) is 13.8. The SMILES string of the molecule is CC1CN(C)CCCN1C(=O)CC1CCCCC1N. The summed E-state index contributed by atoms with van der Waals surface area (Å²) in [6, 6.07) is 0.572. The number of nitrogens with two attached hydrogens (primary N) is 1. The number of nitrogens with zero attached hydrogens (tertiary/aromatic N) is 2. The van der Waals surface area contributed by atoms with Crippen molar-refractivity contribution in [2.24, 2.45) is 11.7 Å². The molecular weight excluding hydrogens is 238 g/mol. The number of hydrogen-bond donors (Lipinski definition) is 1. The molecule has 0 bridgehead atoms. The summed E-state index contributed by atoms with van der Waals surface area (Å²) in [6.07, 6.45) is 6.45. The van der Waals surface area contributed by atoms with Gasteiger partial charge >= 0.3 is 0 Å². The minimum Gasteiger partial charge on any atom is -0.339 e. The topological polar surface area (TPSA) is 49.6 Å². The van der Waals surface area contributed by atoms with Gasteiger partial charge in [-0.05, 0) is 45.7 Å². The fraction of sp³-hybridized carbons (Fsp3) is 0.933. The van der Waals surface area contributed by atoms with Crippen LogP contribution in [0.3, 0.4) is 0 Å². The van der Waals surface area contributed by atoms with Crippen LogP contribution in [0.15, 0.2) is 0 Å². The molecule has 1 saturated carbocycles. The summed E-state index contributed by atoms with van der Waals surface area (Å²) < 4.78 is 0. The van der Waals surface area contributed by atoms with Crippen LogP contribution in [0.5, 0.6) is 0 Å². The van der Waals surface area contributed by atoms with Gasteiger partial charge in [0.05, 0.1) is 0 Å². The Balaban J connectivity index is 1.90.